The lowest BCUT2D eigenvalue weighted by atomic mass is 10.2. The first-order chi connectivity index (χ1) is 9.20. The van der Waals surface area contributed by atoms with Gasteiger partial charge in [0, 0.05) is 18.0 Å². The van der Waals surface area contributed by atoms with Gasteiger partial charge in [0.15, 0.2) is 11.3 Å². The molecule has 0 saturated heterocycles. The molecule has 96 valence electrons. The summed E-state index contributed by atoms with van der Waals surface area (Å²) < 4.78 is 5.82. The maximum absolute atomic E-state index is 6.12. The fraction of sp³-hybridized carbons (Fsp3) is 0.143. The van der Waals surface area contributed by atoms with Gasteiger partial charge in [-0.2, -0.15) is 0 Å². The first kappa shape index (κ1) is 12.0. The van der Waals surface area contributed by atoms with Crippen LogP contribution < -0.4 is 5.32 Å². The number of benzene rings is 1. The van der Waals surface area contributed by atoms with Crippen LogP contribution in [-0.4, -0.2) is 17.0 Å². The highest BCUT2D eigenvalue weighted by molar-refractivity contribution is 6.34. The van der Waals surface area contributed by atoms with Crippen LogP contribution >= 0.6 is 11.6 Å². The van der Waals surface area contributed by atoms with Gasteiger partial charge in [0.2, 0.25) is 0 Å². The van der Waals surface area contributed by atoms with E-state index in [0.29, 0.717) is 16.4 Å². The lowest BCUT2D eigenvalue weighted by Crippen LogP contribution is -1.98. The predicted molar refractivity (Wildman–Crippen MR) is 76.5 cm³/mol. The predicted octanol–water partition coefficient (Wildman–Crippen LogP) is 3.89. The quantitative estimate of drug-likeness (QED) is 0.769. The van der Waals surface area contributed by atoms with Crippen LogP contribution in [0.25, 0.3) is 22.4 Å². The average molecular weight is 274 g/mol. The van der Waals surface area contributed by atoms with Crippen molar-refractivity contribution in [3.8, 4) is 11.5 Å². The van der Waals surface area contributed by atoms with Gasteiger partial charge in [-0.3, -0.25) is 0 Å². The summed E-state index contributed by atoms with van der Waals surface area (Å²) in [4.78, 5) is 8.46. The summed E-state index contributed by atoms with van der Waals surface area (Å²) in [5.41, 5.74) is 2.40. The molecule has 19 heavy (non-hydrogen) atoms. The number of furan rings is 1. The molecule has 0 atom stereocenters. The number of rotatable bonds is 2. The number of nitrogens with zero attached hydrogens (tertiary/aromatic N) is 2. The standard InChI is InChI=1S/C14H12ClN3O/c1-8-12(17-7-18-14(8)16-2)11-6-9-4-3-5-10(15)13(9)19-11/h3-7H,1-2H3,(H,16,17,18). The van der Waals surface area contributed by atoms with Gasteiger partial charge in [0.1, 0.15) is 17.8 Å². The van der Waals surface area contributed by atoms with Crippen molar-refractivity contribution in [3.63, 3.8) is 0 Å². The summed E-state index contributed by atoms with van der Waals surface area (Å²) in [5.74, 6) is 1.48. The summed E-state index contributed by atoms with van der Waals surface area (Å²) in [5, 5.41) is 4.60. The van der Waals surface area contributed by atoms with Crippen LogP contribution in [0, 0.1) is 6.92 Å². The molecule has 2 aromatic heterocycles. The van der Waals surface area contributed by atoms with E-state index in [2.05, 4.69) is 15.3 Å². The van der Waals surface area contributed by atoms with Crippen molar-refractivity contribution in [1.82, 2.24) is 9.97 Å². The molecule has 2 heterocycles. The molecule has 0 amide bonds. The topological polar surface area (TPSA) is 51.0 Å². The maximum atomic E-state index is 6.12. The zero-order valence-electron chi connectivity index (χ0n) is 10.6. The van der Waals surface area contributed by atoms with E-state index in [1.165, 1.54) is 6.33 Å². The van der Waals surface area contributed by atoms with E-state index in [1.807, 2.05) is 38.2 Å². The summed E-state index contributed by atoms with van der Waals surface area (Å²) in [6.45, 7) is 1.95. The highest BCUT2D eigenvalue weighted by Crippen LogP contribution is 2.33. The van der Waals surface area contributed by atoms with Gasteiger partial charge in [-0.25, -0.2) is 9.97 Å². The van der Waals surface area contributed by atoms with Gasteiger partial charge in [0.25, 0.3) is 0 Å². The minimum atomic E-state index is 0.601. The molecule has 0 aliphatic heterocycles. The van der Waals surface area contributed by atoms with Gasteiger partial charge in [-0.05, 0) is 19.1 Å². The Kier molecular flexibility index (Phi) is 2.87. The second-order valence-corrected chi connectivity index (χ2v) is 4.62. The third-order valence-corrected chi connectivity index (χ3v) is 3.35. The summed E-state index contributed by atoms with van der Waals surface area (Å²) in [6.07, 6.45) is 1.52. The van der Waals surface area contributed by atoms with E-state index in [-0.39, 0.29) is 0 Å². The Morgan fingerprint density at radius 1 is 1.26 bits per heavy atom. The van der Waals surface area contributed by atoms with E-state index < -0.39 is 0 Å². The SMILES string of the molecule is CNc1ncnc(-c2cc3cccc(Cl)c3o2)c1C. The van der Waals surface area contributed by atoms with Gasteiger partial charge >= 0.3 is 0 Å². The number of fused-ring (bicyclic) bond motifs is 1. The van der Waals surface area contributed by atoms with Crippen molar-refractivity contribution in [1.29, 1.82) is 0 Å². The van der Waals surface area contributed by atoms with Gasteiger partial charge < -0.3 is 9.73 Å². The Balaban J connectivity index is 2.22. The summed E-state index contributed by atoms with van der Waals surface area (Å²) in [6, 6.07) is 7.61. The van der Waals surface area contributed by atoms with Crippen molar-refractivity contribution in [2.24, 2.45) is 0 Å². The molecule has 0 fully saturated rings. The molecule has 5 heteroatoms. The number of hydrogen-bond donors (Lipinski definition) is 1. The fourth-order valence-electron chi connectivity index (χ4n) is 2.09. The lowest BCUT2D eigenvalue weighted by Gasteiger charge is -2.06. The third kappa shape index (κ3) is 1.94. The molecule has 0 aliphatic rings. The van der Waals surface area contributed by atoms with Crippen molar-refractivity contribution in [2.75, 3.05) is 12.4 Å². The van der Waals surface area contributed by atoms with Crippen LogP contribution in [0.3, 0.4) is 0 Å². The number of aromatic nitrogens is 2. The van der Waals surface area contributed by atoms with Gasteiger partial charge in [-0.1, -0.05) is 23.7 Å². The second-order valence-electron chi connectivity index (χ2n) is 4.21. The fourth-order valence-corrected chi connectivity index (χ4v) is 2.32. The van der Waals surface area contributed by atoms with Crippen molar-refractivity contribution >= 4 is 28.4 Å². The van der Waals surface area contributed by atoms with Crippen molar-refractivity contribution in [3.05, 3.63) is 41.2 Å². The Morgan fingerprint density at radius 3 is 2.84 bits per heavy atom. The van der Waals surface area contributed by atoms with Crippen LogP contribution in [0.1, 0.15) is 5.56 Å². The second kappa shape index (κ2) is 4.55. The number of halogens is 1. The van der Waals surface area contributed by atoms with E-state index in [9.17, 15) is 0 Å². The highest BCUT2D eigenvalue weighted by Gasteiger charge is 2.14. The molecule has 0 saturated carbocycles. The van der Waals surface area contributed by atoms with Gasteiger partial charge in [-0.15, -0.1) is 0 Å². The number of hydrogen-bond acceptors (Lipinski definition) is 4. The minimum absolute atomic E-state index is 0.601. The van der Waals surface area contributed by atoms with Crippen LogP contribution in [0.15, 0.2) is 35.0 Å². The molecular formula is C14H12ClN3O. The molecule has 0 spiro atoms. The molecule has 0 unspecified atom stereocenters. The van der Waals surface area contributed by atoms with Crippen molar-refractivity contribution < 1.29 is 4.42 Å². The summed E-state index contributed by atoms with van der Waals surface area (Å²) >= 11 is 6.12. The average Bonchev–Trinajstić information content (AvgIpc) is 2.84. The molecule has 3 rings (SSSR count). The van der Waals surface area contributed by atoms with Crippen LogP contribution in [0.2, 0.25) is 5.02 Å². The van der Waals surface area contributed by atoms with E-state index in [1.54, 1.807) is 0 Å². The van der Waals surface area contributed by atoms with Gasteiger partial charge in [0.05, 0.1) is 5.02 Å². The highest BCUT2D eigenvalue weighted by atomic mass is 35.5. The van der Waals surface area contributed by atoms with Crippen LogP contribution in [0.4, 0.5) is 5.82 Å². The number of para-hydroxylation sites is 1. The molecule has 1 N–H and O–H groups in total. The van der Waals surface area contributed by atoms with Crippen LogP contribution in [0.5, 0.6) is 0 Å². The molecule has 0 radical (unpaired) electrons. The number of anilines is 1. The molecule has 1 aromatic carbocycles. The molecule has 0 aliphatic carbocycles. The van der Waals surface area contributed by atoms with Crippen molar-refractivity contribution in [2.45, 2.75) is 6.92 Å². The maximum Gasteiger partial charge on any atom is 0.154 e. The Morgan fingerprint density at radius 2 is 2.11 bits per heavy atom. The first-order valence-electron chi connectivity index (χ1n) is 5.88. The molecule has 3 aromatic rings. The number of nitrogens with one attached hydrogen (secondary N) is 1. The monoisotopic (exact) mass is 273 g/mol. The third-order valence-electron chi connectivity index (χ3n) is 3.05. The lowest BCUT2D eigenvalue weighted by molar-refractivity contribution is 0.628. The smallest absolute Gasteiger partial charge is 0.154 e. The first-order valence-corrected chi connectivity index (χ1v) is 6.26. The van der Waals surface area contributed by atoms with E-state index >= 15 is 0 Å². The van der Waals surface area contributed by atoms with E-state index in [0.717, 1.165) is 22.5 Å². The molecule has 4 nitrogen and oxygen atoms in total. The van der Waals surface area contributed by atoms with E-state index in [4.69, 9.17) is 16.0 Å². The molecule has 0 bridgehead atoms. The van der Waals surface area contributed by atoms with Crippen LogP contribution in [-0.2, 0) is 0 Å². The largest absolute Gasteiger partial charge is 0.453 e. The Labute approximate surface area is 115 Å². The Bertz CT molecular complexity index is 752. The molecular weight excluding hydrogens is 262 g/mol. The Hall–Kier alpha value is -2.07. The minimum Gasteiger partial charge on any atom is -0.453 e. The zero-order valence-corrected chi connectivity index (χ0v) is 11.3. The normalized spacial score (nSPS) is 10.9. The summed E-state index contributed by atoms with van der Waals surface area (Å²) in [7, 11) is 1.83. The zero-order chi connectivity index (χ0) is 13.4.